The van der Waals surface area contributed by atoms with Crippen LogP contribution in [0.2, 0.25) is 0 Å². The molecule has 0 aliphatic heterocycles. The number of nitrogens with zero attached hydrogens (tertiary/aromatic N) is 1. The van der Waals surface area contributed by atoms with Crippen molar-refractivity contribution in [2.45, 2.75) is 84.2 Å². The molecule has 0 spiro atoms. The molecule has 0 radical (unpaired) electrons. The molecule has 0 bridgehead atoms. The minimum absolute atomic E-state index is 0.0397. The third-order valence-corrected chi connectivity index (χ3v) is 4.74. The van der Waals surface area contributed by atoms with E-state index < -0.39 is 0 Å². The molecular weight excluding hydrogens is 344 g/mol. The Kier molecular flexibility index (Phi) is 19.5. The Morgan fingerprint density at radius 3 is 2.04 bits per heavy atom. The molecule has 0 aliphatic rings. The van der Waals surface area contributed by atoms with Gasteiger partial charge in [0.1, 0.15) is 0 Å². The number of carbonyl (C=O) groups excluding carboxylic acids is 1. The van der Waals surface area contributed by atoms with Gasteiger partial charge in [0.25, 0.3) is 0 Å². The first kappa shape index (κ1) is 26.3. The van der Waals surface area contributed by atoms with Crippen molar-refractivity contribution in [3.05, 3.63) is 0 Å². The van der Waals surface area contributed by atoms with Crippen molar-refractivity contribution in [2.24, 2.45) is 0 Å². The van der Waals surface area contributed by atoms with E-state index in [1.807, 2.05) is 11.8 Å². The van der Waals surface area contributed by atoms with E-state index in [4.69, 9.17) is 14.9 Å². The van der Waals surface area contributed by atoms with Crippen molar-refractivity contribution in [3.63, 3.8) is 0 Å². The van der Waals surface area contributed by atoms with Crippen molar-refractivity contribution in [1.29, 1.82) is 0 Å². The second-order valence-electron chi connectivity index (χ2n) is 7.35. The van der Waals surface area contributed by atoms with Gasteiger partial charge in [-0.25, -0.2) is 0 Å². The Hall–Kier alpha value is -0.690. The fourth-order valence-corrected chi connectivity index (χ4v) is 3.00. The molecule has 6 heteroatoms. The molecule has 0 aromatic rings. The van der Waals surface area contributed by atoms with Gasteiger partial charge in [0.15, 0.2) is 0 Å². The van der Waals surface area contributed by atoms with Crippen LogP contribution in [0.5, 0.6) is 0 Å². The lowest BCUT2D eigenvalue weighted by molar-refractivity contribution is -0.121. The van der Waals surface area contributed by atoms with Crippen molar-refractivity contribution in [1.82, 2.24) is 10.2 Å². The van der Waals surface area contributed by atoms with Gasteiger partial charge >= 0.3 is 0 Å². The lowest BCUT2D eigenvalue weighted by Crippen LogP contribution is -2.36. The third-order valence-electron chi connectivity index (χ3n) is 4.74. The van der Waals surface area contributed by atoms with Gasteiger partial charge in [0.2, 0.25) is 5.91 Å². The van der Waals surface area contributed by atoms with Gasteiger partial charge in [-0.2, -0.15) is 0 Å². The number of hydrogen-bond acceptors (Lipinski definition) is 5. The molecule has 0 fully saturated rings. The molecule has 162 valence electrons. The van der Waals surface area contributed by atoms with Crippen molar-refractivity contribution in [3.8, 4) is 0 Å². The highest BCUT2D eigenvalue weighted by Crippen LogP contribution is 2.10. The maximum absolute atomic E-state index is 11.9. The molecule has 1 amide bonds. The quantitative estimate of drug-likeness (QED) is 0.279. The van der Waals surface area contributed by atoms with Gasteiger partial charge in [0.05, 0.1) is 25.9 Å². The van der Waals surface area contributed by atoms with E-state index in [0.29, 0.717) is 39.2 Å². The minimum Gasteiger partial charge on any atom is -0.395 e. The summed E-state index contributed by atoms with van der Waals surface area (Å²) in [6.45, 7) is 7.12. The molecule has 0 rings (SSSR count). The van der Waals surface area contributed by atoms with Gasteiger partial charge in [-0.3, -0.25) is 9.69 Å². The largest absolute Gasteiger partial charge is 0.395 e. The first-order valence-electron chi connectivity index (χ1n) is 11.0. The van der Waals surface area contributed by atoms with Crippen LogP contribution in [-0.4, -0.2) is 73.1 Å². The Balaban J connectivity index is 3.52. The highest BCUT2D eigenvalue weighted by molar-refractivity contribution is 5.75. The zero-order valence-electron chi connectivity index (χ0n) is 17.8. The van der Waals surface area contributed by atoms with Crippen LogP contribution >= 0.6 is 0 Å². The lowest BCUT2D eigenvalue weighted by Gasteiger charge is -2.21. The van der Waals surface area contributed by atoms with Crippen LogP contribution in [0.15, 0.2) is 0 Å². The van der Waals surface area contributed by atoms with Crippen LogP contribution in [-0.2, 0) is 9.53 Å². The number of nitrogens with one attached hydrogen (secondary N) is 1. The first-order valence-corrected chi connectivity index (χ1v) is 11.0. The van der Waals surface area contributed by atoms with E-state index in [-0.39, 0.29) is 25.2 Å². The van der Waals surface area contributed by atoms with Gasteiger partial charge in [-0.1, -0.05) is 58.3 Å². The average molecular weight is 389 g/mol. The Labute approximate surface area is 166 Å². The number of unbranched alkanes of at least 4 members (excludes halogenated alkanes) is 8. The zero-order valence-corrected chi connectivity index (χ0v) is 17.8. The summed E-state index contributed by atoms with van der Waals surface area (Å²) in [4.78, 5) is 13.8. The van der Waals surface area contributed by atoms with Crippen molar-refractivity contribution < 1.29 is 19.7 Å². The van der Waals surface area contributed by atoms with E-state index in [1.54, 1.807) is 0 Å². The Morgan fingerprint density at radius 2 is 1.48 bits per heavy atom. The van der Waals surface area contributed by atoms with Crippen molar-refractivity contribution in [2.75, 3.05) is 46.0 Å². The second-order valence-corrected chi connectivity index (χ2v) is 7.35. The summed E-state index contributed by atoms with van der Waals surface area (Å²) in [6, 6.07) is 0. The predicted molar refractivity (Wildman–Crippen MR) is 111 cm³/mol. The monoisotopic (exact) mass is 388 g/mol. The highest BCUT2D eigenvalue weighted by atomic mass is 16.5. The summed E-state index contributed by atoms with van der Waals surface area (Å²) in [5.41, 5.74) is 0. The number of aliphatic hydroxyl groups is 2. The number of carbonyl (C=O) groups is 1. The molecule has 3 N–H and O–H groups in total. The molecule has 0 aromatic carbocycles. The van der Waals surface area contributed by atoms with Crippen LogP contribution < -0.4 is 5.32 Å². The molecular formula is C21H44N2O4. The Morgan fingerprint density at radius 1 is 0.926 bits per heavy atom. The Bertz CT molecular complexity index is 323. The fourth-order valence-electron chi connectivity index (χ4n) is 3.00. The SMILES string of the molecule is CCCCCCCCCCCC(=O)NCC(C)OCCN(CCO)CCO. The van der Waals surface area contributed by atoms with Gasteiger partial charge in [-0.15, -0.1) is 0 Å². The average Bonchev–Trinajstić information content (AvgIpc) is 2.65. The molecule has 0 saturated heterocycles. The third kappa shape index (κ3) is 18.4. The van der Waals surface area contributed by atoms with Gasteiger partial charge in [-0.05, 0) is 13.3 Å². The van der Waals surface area contributed by atoms with Gasteiger partial charge < -0.3 is 20.3 Å². The summed E-state index contributed by atoms with van der Waals surface area (Å²) in [5.74, 6) is 0.107. The molecule has 6 nitrogen and oxygen atoms in total. The molecule has 1 unspecified atom stereocenters. The van der Waals surface area contributed by atoms with Crippen LogP contribution in [0.3, 0.4) is 0 Å². The fraction of sp³-hybridized carbons (Fsp3) is 0.952. The van der Waals surface area contributed by atoms with Crippen LogP contribution in [0.1, 0.15) is 78.1 Å². The number of rotatable bonds is 20. The van der Waals surface area contributed by atoms with E-state index in [0.717, 1.165) is 12.8 Å². The van der Waals surface area contributed by atoms with E-state index in [9.17, 15) is 4.79 Å². The van der Waals surface area contributed by atoms with Crippen LogP contribution in [0.25, 0.3) is 0 Å². The number of aliphatic hydroxyl groups excluding tert-OH is 2. The molecule has 0 saturated carbocycles. The molecule has 0 aromatic heterocycles. The summed E-state index contributed by atoms with van der Waals surface area (Å²) in [7, 11) is 0. The lowest BCUT2D eigenvalue weighted by atomic mass is 10.1. The summed E-state index contributed by atoms with van der Waals surface area (Å²) in [5, 5.41) is 20.9. The second kappa shape index (κ2) is 20.1. The van der Waals surface area contributed by atoms with E-state index >= 15 is 0 Å². The van der Waals surface area contributed by atoms with Crippen molar-refractivity contribution >= 4 is 5.91 Å². The summed E-state index contributed by atoms with van der Waals surface area (Å²) < 4.78 is 5.69. The highest BCUT2D eigenvalue weighted by Gasteiger charge is 2.08. The van der Waals surface area contributed by atoms with Crippen LogP contribution in [0, 0.1) is 0 Å². The predicted octanol–water partition coefficient (Wildman–Crippen LogP) is 2.72. The summed E-state index contributed by atoms with van der Waals surface area (Å²) >= 11 is 0. The zero-order chi connectivity index (χ0) is 20.2. The standard InChI is InChI=1S/C21H44N2O4/c1-3-4-5-6-7-8-9-10-11-12-21(26)22-19-20(2)27-18-15-23(13-16-24)14-17-25/h20,24-25H,3-19H2,1-2H3,(H,22,26). The maximum atomic E-state index is 11.9. The number of amides is 1. The molecule has 0 aliphatic carbocycles. The molecule has 0 heterocycles. The maximum Gasteiger partial charge on any atom is 0.220 e. The molecule has 1 atom stereocenters. The number of ether oxygens (including phenoxy) is 1. The first-order chi connectivity index (χ1) is 13.1. The van der Waals surface area contributed by atoms with Gasteiger partial charge in [0, 0.05) is 32.6 Å². The summed E-state index contributed by atoms with van der Waals surface area (Å²) in [6.07, 6.45) is 11.9. The number of hydrogen-bond donors (Lipinski definition) is 3. The molecule has 27 heavy (non-hydrogen) atoms. The van der Waals surface area contributed by atoms with E-state index in [1.165, 1.54) is 44.9 Å². The minimum atomic E-state index is -0.0397. The van der Waals surface area contributed by atoms with E-state index in [2.05, 4.69) is 12.2 Å². The van der Waals surface area contributed by atoms with Crippen LogP contribution in [0.4, 0.5) is 0 Å². The topological polar surface area (TPSA) is 82.0 Å². The normalized spacial score (nSPS) is 12.5. The smallest absolute Gasteiger partial charge is 0.220 e.